The summed E-state index contributed by atoms with van der Waals surface area (Å²) in [5, 5.41) is 0. The van der Waals surface area contributed by atoms with Crippen molar-refractivity contribution in [2.24, 2.45) is 0 Å². The molecule has 0 unspecified atom stereocenters. The van der Waals surface area contributed by atoms with Crippen LogP contribution in [0.2, 0.25) is 0 Å². The molecule has 1 aliphatic heterocycles. The van der Waals surface area contributed by atoms with E-state index in [0.29, 0.717) is 6.42 Å². The first-order valence-corrected chi connectivity index (χ1v) is 8.90. The summed E-state index contributed by atoms with van der Waals surface area (Å²) in [7, 11) is 0. The highest BCUT2D eigenvalue weighted by Gasteiger charge is 2.32. The number of aromatic amines is 1. The van der Waals surface area contributed by atoms with Crippen molar-refractivity contribution in [3.8, 4) is 11.3 Å². The van der Waals surface area contributed by atoms with Gasteiger partial charge in [0.05, 0.1) is 0 Å². The van der Waals surface area contributed by atoms with Crippen LogP contribution in [-0.2, 0) is 10.2 Å². The predicted octanol–water partition coefficient (Wildman–Crippen LogP) is 4.62. The molecule has 1 amide bonds. The number of rotatable bonds is 3. The fourth-order valence-corrected chi connectivity index (χ4v) is 3.66. The van der Waals surface area contributed by atoms with Crippen molar-refractivity contribution in [3.05, 3.63) is 41.1 Å². The molecule has 0 atom stereocenters. The Hall–Kier alpha value is -2.36. The second-order valence-electron chi connectivity index (χ2n) is 7.53. The molecule has 0 radical (unpaired) electrons. The second-order valence-corrected chi connectivity index (χ2v) is 7.53. The summed E-state index contributed by atoms with van der Waals surface area (Å²) in [5.74, 6) is 0.211. The topological polar surface area (TPSA) is 53.2 Å². The number of fused-ring (bicyclic) bond motifs is 1. The van der Waals surface area contributed by atoms with Gasteiger partial charge in [0.25, 0.3) is 0 Å². The summed E-state index contributed by atoms with van der Waals surface area (Å²) in [4.78, 5) is 29.3. The Morgan fingerprint density at radius 1 is 1.24 bits per heavy atom. The fourth-order valence-electron chi connectivity index (χ4n) is 3.66. The third-order valence-electron chi connectivity index (χ3n) is 5.31. The molecular formula is C21H26N2O2. The lowest BCUT2D eigenvalue weighted by molar-refractivity contribution is -0.116. The lowest BCUT2D eigenvalue weighted by Gasteiger charge is -2.39. The number of hydrogen-bond acceptors (Lipinski definition) is 2. The van der Waals surface area contributed by atoms with Crippen molar-refractivity contribution in [1.29, 1.82) is 0 Å². The van der Waals surface area contributed by atoms with Gasteiger partial charge in [-0.3, -0.25) is 9.59 Å². The van der Waals surface area contributed by atoms with Crippen molar-refractivity contribution in [2.45, 2.75) is 52.9 Å². The number of Topliss-reactive ketones (excluding diaryl/α,β-unsaturated/α-hetero) is 1. The fraction of sp³-hybridized carbons (Fsp3) is 0.429. The van der Waals surface area contributed by atoms with Crippen LogP contribution in [0.4, 0.5) is 5.69 Å². The molecule has 1 aliphatic rings. The number of H-pyrrole nitrogens is 1. The SMILES string of the molecule is CCC(=O)c1cc(-c2ccc3c(c2)N(C(C)=O)CCC3(C)C)[nH]c1C. The highest BCUT2D eigenvalue weighted by molar-refractivity contribution is 5.98. The number of nitrogens with zero attached hydrogens (tertiary/aromatic N) is 1. The molecule has 0 aliphatic carbocycles. The van der Waals surface area contributed by atoms with E-state index in [1.54, 1.807) is 6.92 Å². The van der Waals surface area contributed by atoms with Crippen LogP contribution in [0, 0.1) is 6.92 Å². The van der Waals surface area contributed by atoms with Gasteiger partial charge in [0, 0.05) is 48.1 Å². The molecule has 1 aromatic carbocycles. The minimum atomic E-state index is 0.0504. The zero-order valence-electron chi connectivity index (χ0n) is 15.7. The van der Waals surface area contributed by atoms with E-state index in [2.05, 4.69) is 37.0 Å². The van der Waals surface area contributed by atoms with Crippen LogP contribution >= 0.6 is 0 Å². The second kappa shape index (κ2) is 6.17. The van der Waals surface area contributed by atoms with Gasteiger partial charge >= 0.3 is 0 Å². The van der Waals surface area contributed by atoms with E-state index >= 15 is 0 Å². The maximum absolute atomic E-state index is 12.1. The van der Waals surface area contributed by atoms with Gasteiger partial charge in [-0.2, -0.15) is 0 Å². The molecule has 25 heavy (non-hydrogen) atoms. The van der Waals surface area contributed by atoms with Crippen molar-refractivity contribution >= 4 is 17.4 Å². The third-order valence-corrected chi connectivity index (χ3v) is 5.31. The number of carbonyl (C=O) groups is 2. The quantitative estimate of drug-likeness (QED) is 0.830. The molecule has 2 aromatic rings. The van der Waals surface area contributed by atoms with E-state index in [0.717, 1.165) is 41.2 Å². The molecule has 0 bridgehead atoms. The van der Waals surface area contributed by atoms with E-state index in [4.69, 9.17) is 0 Å². The minimum Gasteiger partial charge on any atom is -0.358 e. The third kappa shape index (κ3) is 3.01. The molecule has 0 fully saturated rings. The maximum atomic E-state index is 12.1. The highest BCUT2D eigenvalue weighted by atomic mass is 16.2. The normalized spacial score (nSPS) is 15.8. The maximum Gasteiger partial charge on any atom is 0.223 e. The first-order valence-electron chi connectivity index (χ1n) is 8.90. The molecule has 0 spiro atoms. The molecule has 4 nitrogen and oxygen atoms in total. The van der Waals surface area contributed by atoms with Gasteiger partial charge in [-0.25, -0.2) is 0 Å². The van der Waals surface area contributed by atoms with Gasteiger partial charge in [0.1, 0.15) is 0 Å². The van der Waals surface area contributed by atoms with E-state index in [9.17, 15) is 9.59 Å². The van der Waals surface area contributed by atoms with Gasteiger partial charge in [-0.15, -0.1) is 0 Å². The van der Waals surface area contributed by atoms with Gasteiger partial charge in [0.2, 0.25) is 5.91 Å². The number of hydrogen-bond donors (Lipinski definition) is 1. The molecule has 132 valence electrons. The Morgan fingerprint density at radius 2 is 1.96 bits per heavy atom. The van der Waals surface area contributed by atoms with Gasteiger partial charge in [-0.1, -0.05) is 32.9 Å². The molecule has 2 heterocycles. The summed E-state index contributed by atoms with van der Waals surface area (Å²) in [6.45, 7) is 10.6. The number of amides is 1. The van der Waals surface area contributed by atoms with Crippen molar-refractivity contribution in [1.82, 2.24) is 4.98 Å². The summed E-state index contributed by atoms with van der Waals surface area (Å²) in [5.41, 5.74) is 5.80. The van der Waals surface area contributed by atoms with Crippen LogP contribution in [0.1, 0.15) is 62.2 Å². The van der Waals surface area contributed by atoms with Crippen molar-refractivity contribution in [3.63, 3.8) is 0 Å². The molecule has 0 saturated heterocycles. The largest absolute Gasteiger partial charge is 0.358 e. The monoisotopic (exact) mass is 338 g/mol. The number of ketones is 1. The Bertz CT molecular complexity index is 846. The summed E-state index contributed by atoms with van der Waals surface area (Å²) in [6, 6.07) is 8.20. The van der Waals surface area contributed by atoms with E-state index in [1.165, 1.54) is 5.56 Å². The standard InChI is InChI=1S/C21H26N2O2/c1-6-20(25)16-12-18(22-13(16)2)15-7-8-17-19(11-15)23(14(3)24)10-9-21(17,4)5/h7-8,11-12,22H,6,9-10H2,1-5H3. The molecule has 3 rings (SSSR count). The minimum absolute atomic E-state index is 0.0504. The average Bonchev–Trinajstić information content (AvgIpc) is 2.95. The lowest BCUT2D eigenvalue weighted by atomic mass is 9.77. The zero-order chi connectivity index (χ0) is 18.4. The van der Waals surface area contributed by atoms with Crippen LogP contribution in [0.25, 0.3) is 11.3 Å². The molecule has 0 saturated carbocycles. The first-order chi connectivity index (χ1) is 11.7. The zero-order valence-corrected chi connectivity index (χ0v) is 15.7. The number of aromatic nitrogens is 1. The van der Waals surface area contributed by atoms with Crippen LogP contribution < -0.4 is 4.90 Å². The van der Waals surface area contributed by atoms with Gasteiger partial charge in [-0.05, 0) is 36.5 Å². The van der Waals surface area contributed by atoms with E-state index in [-0.39, 0.29) is 17.1 Å². The number of aryl methyl sites for hydroxylation is 1. The summed E-state index contributed by atoms with van der Waals surface area (Å²) >= 11 is 0. The van der Waals surface area contributed by atoms with Gasteiger partial charge < -0.3 is 9.88 Å². The Balaban J connectivity index is 2.10. The predicted molar refractivity (Wildman–Crippen MR) is 101 cm³/mol. The van der Waals surface area contributed by atoms with Gasteiger partial charge in [0.15, 0.2) is 5.78 Å². The molecule has 1 N–H and O–H groups in total. The number of benzene rings is 1. The van der Waals surface area contributed by atoms with Crippen LogP contribution in [-0.4, -0.2) is 23.2 Å². The average molecular weight is 338 g/mol. The van der Waals surface area contributed by atoms with Crippen LogP contribution in [0.15, 0.2) is 24.3 Å². The van der Waals surface area contributed by atoms with E-state index < -0.39 is 0 Å². The Morgan fingerprint density at radius 3 is 2.60 bits per heavy atom. The smallest absolute Gasteiger partial charge is 0.223 e. The number of nitrogens with one attached hydrogen (secondary N) is 1. The summed E-state index contributed by atoms with van der Waals surface area (Å²) < 4.78 is 0. The Labute approximate surface area is 149 Å². The van der Waals surface area contributed by atoms with E-state index in [1.807, 2.05) is 24.8 Å². The van der Waals surface area contributed by atoms with Crippen molar-refractivity contribution in [2.75, 3.05) is 11.4 Å². The number of carbonyl (C=O) groups excluding carboxylic acids is 2. The molecule has 1 aromatic heterocycles. The molecular weight excluding hydrogens is 312 g/mol. The highest BCUT2D eigenvalue weighted by Crippen LogP contribution is 2.41. The molecule has 4 heteroatoms. The first kappa shape index (κ1) is 17.5. The van der Waals surface area contributed by atoms with Crippen LogP contribution in [0.3, 0.4) is 0 Å². The van der Waals surface area contributed by atoms with Crippen molar-refractivity contribution < 1.29 is 9.59 Å². The van der Waals surface area contributed by atoms with Crippen LogP contribution in [0.5, 0.6) is 0 Å². The summed E-state index contributed by atoms with van der Waals surface area (Å²) in [6.07, 6.45) is 1.45. The number of anilines is 1. The lowest BCUT2D eigenvalue weighted by Crippen LogP contribution is -2.39. The Kier molecular flexibility index (Phi) is 4.31.